The molecule has 0 fully saturated rings. The fourth-order valence-electron chi connectivity index (χ4n) is 1.97. The van der Waals surface area contributed by atoms with Gasteiger partial charge in [0.05, 0.1) is 7.11 Å². The van der Waals surface area contributed by atoms with Crippen molar-refractivity contribution in [1.29, 1.82) is 0 Å². The normalized spacial score (nSPS) is 13.5. The van der Waals surface area contributed by atoms with E-state index in [2.05, 4.69) is 5.32 Å². The zero-order chi connectivity index (χ0) is 15.5. The topological polar surface area (TPSA) is 38.3 Å². The lowest BCUT2D eigenvalue weighted by molar-refractivity contribution is -0.118. The first-order chi connectivity index (χ1) is 9.91. The van der Waals surface area contributed by atoms with Gasteiger partial charge in [-0.2, -0.15) is 0 Å². The number of methoxy groups -OCH3 is 1. The molecule has 0 saturated carbocycles. The summed E-state index contributed by atoms with van der Waals surface area (Å²) in [6.07, 6.45) is 0.562. The lowest BCUT2D eigenvalue weighted by atomic mass is 10.0. The summed E-state index contributed by atoms with van der Waals surface area (Å²) < 4.78 is 26.3. The summed E-state index contributed by atoms with van der Waals surface area (Å²) in [5.41, 5.74) is 1.04. The van der Waals surface area contributed by atoms with Crippen LogP contribution in [0.15, 0.2) is 36.4 Å². The average Bonchev–Trinajstić information content (AvgIpc) is 2.45. The number of fused-ring (bicyclic) bond motifs is 1. The van der Waals surface area contributed by atoms with Crippen molar-refractivity contribution in [3.63, 3.8) is 0 Å². The van der Waals surface area contributed by atoms with Crippen LogP contribution in [0.1, 0.15) is 16.5 Å². The number of hydrogen-bond acceptors (Lipinski definition) is 2. The van der Waals surface area contributed by atoms with Crippen molar-refractivity contribution < 1.29 is 13.6 Å². The molecule has 2 aromatic rings. The molecule has 0 aliphatic carbocycles. The minimum atomic E-state index is -2.60. The Morgan fingerprint density at radius 2 is 2.28 bits per heavy atom. The highest BCUT2D eigenvalue weighted by molar-refractivity contribution is 5.87. The number of amides is 1. The molecule has 0 atom stereocenters. The maximum Gasteiger partial charge on any atom is 0.216 e. The van der Waals surface area contributed by atoms with Crippen LogP contribution in [-0.2, 0) is 11.2 Å². The molecule has 0 aromatic heterocycles. The second-order valence-electron chi connectivity index (χ2n) is 4.01. The second-order valence-corrected chi connectivity index (χ2v) is 4.01. The Bertz CT molecular complexity index is 653. The van der Waals surface area contributed by atoms with E-state index in [0.717, 1.165) is 22.1 Å². The molecule has 0 aliphatic heterocycles. The summed E-state index contributed by atoms with van der Waals surface area (Å²) in [4.78, 5) is 11.3. The predicted molar refractivity (Wildman–Crippen MR) is 72.9 cm³/mol. The van der Waals surface area contributed by atoms with Crippen LogP contribution < -0.4 is 10.1 Å². The molecule has 2 aromatic carbocycles. The van der Waals surface area contributed by atoms with Gasteiger partial charge in [0.1, 0.15) is 5.75 Å². The summed E-state index contributed by atoms with van der Waals surface area (Å²) in [6.45, 7) is -2.31. The summed E-state index contributed by atoms with van der Waals surface area (Å²) in [5, 5.41) is 4.55. The van der Waals surface area contributed by atoms with Gasteiger partial charge in [0.15, 0.2) is 0 Å². The highest BCUT2D eigenvalue weighted by Gasteiger charge is 2.03. The number of hydrogen-bond donors (Lipinski definition) is 1. The van der Waals surface area contributed by atoms with Crippen molar-refractivity contribution in [2.24, 2.45) is 0 Å². The van der Waals surface area contributed by atoms with Gasteiger partial charge in [-0.15, -0.1) is 0 Å². The molecule has 3 nitrogen and oxygen atoms in total. The van der Waals surface area contributed by atoms with Gasteiger partial charge in [-0.25, -0.2) is 0 Å². The third kappa shape index (κ3) is 2.80. The summed E-state index contributed by atoms with van der Waals surface area (Å²) >= 11 is 0. The molecule has 2 rings (SSSR count). The Hall–Kier alpha value is -2.03. The molecular formula is C15H17NO2. The van der Waals surface area contributed by atoms with Gasteiger partial charge >= 0.3 is 0 Å². The van der Waals surface area contributed by atoms with Crippen LogP contribution in [0.3, 0.4) is 0 Å². The van der Waals surface area contributed by atoms with Gasteiger partial charge in [-0.1, -0.05) is 24.3 Å². The maximum absolute atomic E-state index is 11.3. The first kappa shape index (κ1) is 8.97. The van der Waals surface area contributed by atoms with Crippen molar-refractivity contribution in [1.82, 2.24) is 5.32 Å². The molecule has 1 N–H and O–H groups in total. The first-order valence-corrected chi connectivity index (χ1v) is 5.76. The van der Waals surface area contributed by atoms with Crippen LogP contribution in [0.25, 0.3) is 10.8 Å². The van der Waals surface area contributed by atoms with Crippen LogP contribution in [0.4, 0.5) is 0 Å². The minimum absolute atomic E-state index is 0.285. The number of nitrogens with one attached hydrogen (secondary N) is 1. The van der Waals surface area contributed by atoms with Crippen LogP contribution in [-0.4, -0.2) is 19.6 Å². The van der Waals surface area contributed by atoms with E-state index >= 15 is 0 Å². The number of ether oxygens (including phenoxy) is 1. The number of carbonyl (C=O) groups excluding carboxylic acids is 1. The van der Waals surface area contributed by atoms with Gasteiger partial charge in [0.25, 0.3) is 0 Å². The lowest BCUT2D eigenvalue weighted by Gasteiger charge is -2.08. The molecule has 0 spiro atoms. The molecule has 0 unspecified atom stereocenters. The third-order valence-electron chi connectivity index (χ3n) is 2.86. The SMILES string of the molecule is [2H]C([2H])([2H])C(=O)NCCc1cccc2ccc(OC)cc12. The second kappa shape index (κ2) is 5.54. The molecular weight excluding hydrogens is 226 g/mol. The molecule has 0 radical (unpaired) electrons. The van der Waals surface area contributed by atoms with E-state index in [1.165, 1.54) is 0 Å². The van der Waals surface area contributed by atoms with Gasteiger partial charge in [-0.05, 0) is 34.9 Å². The largest absolute Gasteiger partial charge is 0.497 e. The maximum atomic E-state index is 11.3. The molecule has 0 heterocycles. The van der Waals surface area contributed by atoms with Crippen LogP contribution >= 0.6 is 0 Å². The van der Waals surface area contributed by atoms with E-state index in [9.17, 15) is 4.79 Å². The standard InChI is InChI=1S/C15H17NO2/c1-11(17)16-9-8-13-5-3-4-12-6-7-14(18-2)10-15(12)13/h3-7,10H,8-9H2,1-2H3,(H,16,17)/i1D3. The van der Waals surface area contributed by atoms with E-state index < -0.39 is 12.8 Å². The van der Waals surface area contributed by atoms with Gasteiger partial charge in [-0.3, -0.25) is 4.79 Å². The molecule has 1 amide bonds. The lowest BCUT2D eigenvalue weighted by Crippen LogP contribution is -2.22. The van der Waals surface area contributed by atoms with Crippen LogP contribution in [0.5, 0.6) is 5.75 Å². The Morgan fingerprint density at radius 1 is 1.39 bits per heavy atom. The minimum Gasteiger partial charge on any atom is -0.497 e. The number of benzene rings is 2. The number of rotatable bonds is 4. The highest BCUT2D eigenvalue weighted by atomic mass is 16.5. The van der Waals surface area contributed by atoms with Crippen molar-refractivity contribution in [3.05, 3.63) is 42.0 Å². The van der Waals surface area contributed by atoms with Crippen molar-refractivity contribution in [2.75, 3.05) is 13.7 Å². The molecule has 0 aliphatic rings. The number of carbonyl (C=O) groups is 1. The van der Waals surface area contributed by atoms with E-state index in [0.29, 0.717) is 6.42 Å². The summed E-state index contributed by atoms with van der Waals surface area (Å²) in [7, 11) is 1.61. The quantitative estimate of drug-likeness (QED) is 0.900. The molecule has 3 heteroatoms. The van der Waals surface area contributed by atoms with E-state index in [-0.39, 0.29) is 6.54 Å². The Balaban J connectivity index is 2.13. The summed E-state index contributed by atoms with van der Waals surface area (Å²) in [6, 6.07) is 11.7. The van der Waals surface area contributed by atoms with Crippen LogP contribution in [0.2, 0.25) is 0 Å². The van der Waals surface area contributed by atoms with E-state index in [1.807, 2.05) is 36.4 Å². The van der Waals surface area contributed by atoms with E-state index in [4.69, 9.17) is 8.85 Å². The van der Waals surface area contributed by atoms with Gasteiger partial charge in [0, 0.05) is 17.5 Å². The average molecular weight is 246 g/mol. The zero-order valence-corrected chi connectivity index (χ0v) is 10.2. The third-order valence-corrected chi connectivity index (χ3v) is 2.86. The fraction of sp³-hybridized carbons (Fsp3) is 0.267. The highest BCUT2D eigenvalue weighted by Crippen LogP contribution is 2.24. The Kier molecular flexibility index (Phi) is 2.76. The van der Waals surface area contributed by atoms with Crippen molar-refractivity contribution >= 4 is 16.7 Å². The van der Waals surface area contributed by atoms with Crippen molar-refractivity contribution in [3.8, 4) is 5.75 Å². The van der Waals surface area contributed by atoms with Crippen LogP contribution in [0, 0.1) is 0 Å². The van der Waals surface area contributed by atoms with E-state index in [1.54, 1.807) is 7.11 Å². The van der Waals surface area contributed by atoms with Crippen molar-refractivity contribution in [2.45, 2.75) is 13.3 Å². The van der Waals surface area contributed by atoms with Gasteiger partial charge in [0.2, 0.25) is 5.91 Å². The fourth-order valence-corrected chi connectivity index (χ4v) is 1.97. The Morgan fingerprint density at radius 3 is 3.06 bits per heavy atom. The predicted octanol–water partition coefficient (Wildman–Crippen LogP) is 2.53. The van der Waals surface area contributed by atoms with Gasteiger partial charge < -0.3 is 10.1 Å². The molecule has 0 saturated heterocycles. The summed E-state index contributed by atoms with van der Waals surface area (Å²) in [5.74, 6) is -0.151. The zero-order valence-electron chi connectivity index (χ0n) is 13.2. The molecule has 0 bridgehead atoms. The monoisotopic (exact) mass is 246 g/mol. The molecule has 18 heavy (non-hydrogen) atoms. The Labute approximate surface area is 111 Å². The smallest absolute Gasteiger partial charge is 0.216 e. The molecule has 94 valence electrons. The first-order valence-electron chi connectivity index (χ1n) is 7.26.